The van der Waals surface area contributed by atoms with Gasteiger partial charge in [-0.2, -0.15) is 0 Å². The maximum atomic E-state index is 11.5. The maximum Gasteiger partial charge on any atom is 0.309 e. The van der Waals surface area contributed by atoms with E-state index >= 15 is 0 Å². The minimum atomic E-state index is -0.229. The van der Waals surface area contributed by atoms with Crippen LogP contribution in [0.4, 0.5) is 5.69 Å². The Bertz CT molecular complexity index is 389. The summed E-state index contributed by atoms with van der Waals surface area (Å²) in [6, 6.07) is 7.08. The van der Waals surface area contributed by atoms with E-state index in [9.17, 15) is 4.79 Å². The standard InChI is InChI=1S/C15H24N2O3/c1-3-17(4-2)10-12-20-15(18)9-11-19-14-7-5-13(16)6-8-14/h5-8H,3-4,9-12,16H2,1-2H3. The molecule has 0 spiro atoms. The molecule has 0 heterocycles. The molecule has 0 saturated carbocycles. The van der Waals surface area contributed by atoms with Crippen LogP contribution in [0, 0.1) is 0 Å². The molecule has 0 aliphatic rings. The molecule has 0 unspecified atom stereocenters. The molecule has 0 fully saturated rings. The van der Waals surface area contributed by atoms with Gasteiger partial charge >= 0.3 is 5.97 Å². The first kappa shape index (κ1) is 16.3. The van der Waals surface area contributed by atoms with Crippen molar-refractivity contribution in [2.45, 2.75) is 20.3 Å². The fourth-order valence-electron chi connectivity index (χ4n) is 1.72. The molecule has 5 nitrogen and oxygen atoms in total. The predicted octanol–water partition coefficient (Wildman–Crippen LogP) is 1.92. The van der Waals surface area contributed by atoms with Gasteiger partial charge in [0.25, 0.3) is 0 Å². The van der Waals surface area contributed by atoms with Crippen molar-refractivity contribution in [2.24, 2.45) is 0 Å². The van der Waals surface area contributed by atoms with Crippen molar-refractivity contribution in [1.82, 2.24) is 4.90 Å². The monoisotopic (exact) mass is 280 g/mol. The summed E-state index contributed by atoms with van der Waals surface area (Å²) in [4.78, 5) is 13.7. The van der Waals surface area contributed by atoms with E-state index in [1.54, 1.807) is 24.3 Å². The summed E-state index contributed by atoms with van der Waals surface area (Å²) in [6.45, 7) is 7.63. The fraction of sp³-hybridized carbons (Fsp3) is 0.533. The van der Waals surface area contributed by atoms with Gasteiger partial charge in [0.05, 0.1) is 13.0 Å². The first-order valence-corrected chi connectivity index (χ1v) is 7.02. The molecule has 0 aliphatic heterocycles. The van der Waals surface area contributed by atoms with Gasteiger partial charge in [-0.15, -0.1) is 0 Å². The van der Waals surface area contributed by atoms with Crippen molar-refractivity contribution in [3.63, 3.8) is 0 Å². The zero-order chi connectivity index (χ0) is 14.8. The third kappa shape index (κ3) is 6.43. The average molecular weight is 280 g/mol. The largest absolute Gasteiger partial charge is 0.493 e. The van der Waals surface area contributed by atoms with Crippen molar-refractivity contribution in [3.8, 4) is 5.75 Å². The third-order valence-electron chi connectivity index (χ3n) is 3.02. The van der Waals surface area contributed by atoms with Gasteiger partial charge in [-0.05, 0) is 37.4 Å². The highest BCUT2D eigenvalue weighted by atomic mass is 16.5. The summed E-state index contributed by atoms with van der Waals surface area (Å²) >= 11 is 0. The van der Waals surface area contributed by atoms with Crippen molar-refractivity contribution < 1.29 is 14.3 Å². The van der Waals surface area contributed by atoms with E-state index in [0.717, 1.165) is 19.6 Å². The second-order valence-corrected chi connectivity index (χ2v) is 4.41. The molecule has 0 aliphatic carbocycles. The Morgan fingerprint density at radius 3 is 2.40 bits per heavy atom. The minimum Gasteiger partial charge on any atom is -0.493 e. The van der Waals surface area contributed by atoms with Crippen LogP contribution in [-0.2, 0) is 9.53 Å². The van der Waals surface area contributed by atoms with Gasteiger partial charge < -0.3 is 20.1 Å². The first-order chi connectivity index (χ1) is 9.65. The highest BCUT2D eigenvalue weighted by Gasteiger charge is 2.05. The molecular formula is C15H24N2O3. The molecule has 0 saturated heterocycles. The SMILES string of the molecule is CCN(CC)CCOC(=O)CCOc1ccc(N)cc1. The summed E-state index contributed by atoms with van der Waals surface area (Å²) in [5, 5.41) is 0. The van der Waals surface area contributed by atoms with Gasteiger partial charge in [0.15, 0.2) is 0 Å². The highest BCUT2D eigenvalue weighted by molar-refractivity contribution is 5.69. The lowest BCUT2D eigenvalue weighted by molar-refractivity contribution is -0.144. The number of benzene rings is 1. The first-order valence-electron chi connectivity index (χ1n) is 7.02. The average Bonchev–Trinajstić information content (AvgIpc) is 2.46. The Kier molecular flexibility index (Phi) is 7.50. The highest BCUT2D eigenvalue weighted by Crippen LogP contribution is 2.13. The van der Waals surface area contributed by atoms with Gasteiger partial charge in [0, 0.05) is 12.2 Å². The van der Waals surface area contributed by atoms with Crippen LogP contribution in [-0.4, -0.2) is 43.7 Å². The number of hydrogen-bond donors (Lipinski definition) is 1. The lowest BCUT2D eigenvalue weighted by atomic mass is 10.3. The Hall–Kier alpha value is -1.75. The number of carbonyl (C=O) groups excluding carboxylic acids is 1. The quantitative estimate of drug-likeness (QED) is 0.553. The van der Waals surface area contributed by atoms with Gasteiger partial charge in [-0.1, -0.05) is 13.8 Å². The second-order valence-electron chi connectivity index (χ2n) is 4.41. The van der Waals surface area contributed by atoms with Crippen molar-refractivity contribution in [2.75, 3.05) is 38.6 Å². The molecule has 0 aromatic heterocycles. The number of likely N-dealkylation sites (N-methyl/N-ethyl adjacent to an activating group) is 1. The molecule has 1 aromatic carbocycles. The van der Waals surface area contributed by atoms with Crippen LogP contribution < -0.4 is 10.5 Å². The van der Waals surface area contributed by atoms with Gasteiger partial charge in [0.1, 0.15) is 12.4 Å². The zero-order valence-electron chi connectivity index (χ0n) is 12.3. The molecular weight excluding hydrogens is 256 g/mol. The predicted molar refractivity (Wildman–Crippen MR) is 79.7 cm³/mol. The third-order valence-corrected chi connectivity index (χ3v) is 3.02. The summed E-state index contributed by atoms with van der Waals surface area (Å²) < 4.78 is 10.6. The summed E-state index contributed by atoms with van der Waals surface area (Å²) in [7, 11) is 0. The van der Waals surface area contributed by atoms with E-state index in [2.05, 4.69) is 18.7 Å². The molecule has 20 heavy (non-hydrogen) atoms. The molecule has 5 heteroatoms. The second kappa shape index (κ2) is 9.20. The fourth-order valence-corrected chi connectivity index (χ4v) is 1.72. The number of nitrogen functional groups attached to an aromatic ring is 1. The Labute approximate surface area is 120 Å². The Morgan fingerprint density at radius 1 is 1.15 bits per heavy atom. The maximum absolute atomic E-state index is 11.5. The Balaban J connectivity index is 2.12. The van der Waals surface area contributed by atoms with Crippen molar-refractivity contribution in [1.29, 1.82) is 0 Å². The number of esters is 1. The van der Waals surface area contributed by atoms with E-state index in [1.807, 2.05) is 0 Å². The summed E-state index contributed by atoms with van der Waals surface area (Å²) in [6.07, 6.45) is 0.253. The van der Waals surface area contributed by atoms with Crippen LogP contribution in [0.15, 0.2) is 24.3 Å². The summed E-state index contributed by atoms with van der Waals surface area (Å²) in [5.74, 6) is 0.475. The van der Waals surface area contributed by atoms with Gasteiger partial charge in [-0.3, -0.25) is 4.79 Å². The molecule has 112 valence electrons. The lowest BCUT2D eigenvalue weighted by Crippen LogP contribution is -2.28. The van der Waals surface area contributed by atoms with Crippen LogP contribution in [0.1, 0.15) is 20.3 Å². The minimum absolute atomic E-state index is 0.229. The molecule has 0 radical (unpaired) electrons. The number of hydrogen-bond acceptors (Lipinski definition) is 5. The number of anilines is 1. The van der Waals surface area contributed by atoms with E-state index in [-0.39, 0.29) is 12.4 Å². The topological polar surface area (TPSA) is 64.8 Å². The number of nitrogens with zero attached hydrogens (tertiary/aromatic N) is 1. The number of nitrogens with two attached hydrogens (primary N) is 1. The van der Waals surface area contributed by atoms with Crippen LogP contribution in [0.25, 0.3) is 0 Å². The smallest absolute Gasteiger partial charge is 0.309 e. The van der Waals surface area contributed by atoms with E-state index in [4.69, 9.17) is 15.2 Å². The normalized spacial score (nSPS) is 10.6. The van der Waals surface area contributed by atoms with Crippen LogP contribution in [0.3, 0.4) is 0 Å². The Morgan fingerprint density at radius 2 is 1.80 bits per heavy atom. The number of ether oxygens (including phenoxy) is 2. The molecule has 1 aromatic rings. The number of rotatable bonds is 9. The molecule has 2 N–H and O–H groups in total. The van der Waals surface area contributed by atoms with E-state index < -0.39 is 0 Å². The van der Waals surface area contributed by atoms with E-state index in [0.29, 0.717) is 24.7 Å². The zero-order valence-corrected chi connectivity index (χ0v) is 12.3. The van der Waals surface area contributed by atoms with Gasteiger partial charge in [-0.25, -0.2) is 0 Å². The van der Waals surface area contributed by atoms with Crippen LogP contribution in [0.2, 0.25) is 0 Å². The van der Waals surface area contributed by atoms with Crippen molar-refractivity contribution in [3.05, 3.63) is 24.3 Å². The molecule has 0 bridgehead atoms. The number of carbonyl (C=O) groups is 1. The molecule has 0 atom stereocenters. The summed E-state index contributed by atoms with van der Waals surface area (Å²) in [5.41, 5.74) is 6.26. The molecule has 0 amide bonds. The lowest BCUT2D eigenvalue weighted by Gasteiger charge is -2.17. The van der Waals surface area contributed by atoms with Crippen molar-refractivity contribution >= 4 is 11.7 Å². The van der Waals surface area contributed by atoms with Gasteiger partial charge in [0.2, 0.25) is 0 Å². The van der Waals surface area contributed by atoms with Crippen LogP contribution >= 0.6 is 0 Å². The molecule has 1 rings (SSSR count). The van der Waals surface area contributed by atoms with E-state index in [1.165, 1.54) is 0 Å². The van der Waals surface area contributed by atoms with Crippen LogP contribution in [0.5, 0.6) is 5.75 Å².